The van der Waals surface area contributed by atoms with Gasteiger partial charge in [-0.3, -0.25) is 9.59 Å². The highest BCUT2D eigenvalue weighted by atomic mass is 16.1. The average Bonchev–Trinajstić information content (AvgIpc) is 2.59. The van der Waals surface area contributed by atoms with Crippen LogP contribution in [0.1, 0.15) is 34.1 Å². The van der Waals surface area contributed by atoms with Gasteiger partial charge in [-0.25, -0.2) is 9.97 Å². The van der Waals surface area contributed by atoms with Gasteiger partial charge in [0.15, 0.2) is 5.78 Å². The summed E-state index contributed by atoms with van der Waals surface area (Å²) >= 11 is 0. The Bertz CT molecular complexity index is 711. The number of nitrogens with one attached hydrogen (secondary N) is 2. The van der Waals surface area contributed by atoms with Crippen LogP contribution in [0.15, 0.2) is 36.7 Å². The van der Waals surface area contributed by atoms with E-state index in [1.54, 1.807) is 24.3 Å². The summed E-state index contributed by atoms with van der Waals surface area (Å²) in [6.45, 7) is 3.25. The summed E-state index contributed by atoms with van der Waals surface area (Å²) in [5.74, 6) is 0.191. The summed E-state index contributed by atoms with van der Waals surface area (Å²) in [6, 6.07) is 6.73. The number of carbonyl (C=O) groups is 2. The van der Waals surface area contributed by atoms with Crippen molar-refractivity contribution in [1.82, 2.24) is 14.9 Å². The zero-order chi connectivity index (χ0) is 18.2. The summed E-state index contributed by atoms with van der Waals surface area (Å²) < 4.78 is 0. The number of anilines is 2. The van der Waals surface area contributed by atoms with Crippen molar-refractivity contribution >= 4 is 23.3 Å². The molecule has 0 fully saturated rings. The zero-order valence-corrected chi connectivity index (χ0v) is 14.7. The lowest BCUT2D eigenvalue weighted by atomic mass is 10.1. The van der Waals surface area contributed by atoms with Gasteiger partial charge in [0.1, 0.15) is 0 Å². The molecule has 0 aliphatic heterocycles. The Hall–Kier alpha value is -2.80. The SMILES string of the molecule is CC(=O)c1ccc(NC(=O)c2cnc(NCCCN(C)C)nc2)cc1. The van der Waals surface area contributed by atoms with Crippen molar-refractivity contribution in [3.63, 3.8) is 0 Å². The molecule has 0 atom stereocenters. The van der Waals surface area contributed by atoms with E-state index in [2.05, 4.69) is 25.5 Å². The van der Waals surface area contributed by atoms with Crippen molar-refractivity contribution in [2.24, 2.45) is 0 Å². The second kappa shape index (κ2) is 8.89. The summed E-state index contributed by atoms with van der Waals surface area (Å²) in [5.41, 5.74) is 1.58. The van der Waals surface area contributed by atoms with Gasteiger partial charge in [0.05, 0.1) is 5.56 Å². The van der Waals surface area contributed by atoms with E-state index in [-0.39, 0.29) is 11.7 Å². The van der Waals surface area contributed by atoms with Crippen molar-refractivity contribution in [1.29, 1.82) is 0 Å². The van der Waals surface area contributed by atoms with Crippen molar-refractivity contribution in [2.45, 2.75) is 13.3 Å². The number of hydrogen-bond donors (Lipinski definition) is 2. The van der Waals surface area contributed by atoms with Crippen molar-refractivity contribution in [2.75, 3.05) is 37.8 Å². The largest absolute Gasteiger partial charge is 0.354 e. The topological polar surface area (TPSA) is 87.2 Å². The number of hydrogen-bond acceptors (Lipinski definition) is 6. The number of benzene rings is 1. The highest BCUT2D eigenvalue weighted by Crippen LogP contribution is 2.11. The molecule has 1 aromatic heterocycles. The maximum absolute atomic E-state index is 12.2. The molecule has 1 heterocycles. The molecule has 25 heavy (non-hydrogen) atoms. The van der Waals surface area contributed by atoms with E-state index in [4.69, 9.17) is 0 Å². The third-order valence-electron chi connectivity index (χ3n) is 3.53. The Morgan fingerprint density at radius 2 is 1.68 bits per heavy atom. The molecule has 2 aromatic rings. The smallest absolute Gasteiger partial charge is 0.258 e. The van der Waals surface area contributed by atoms with Crippen molar-refractivity contribution in [3.05, 3.63) is 47.8 Å². The third kappa shape index (κ3) is 5.96. The van der Waals surface area contributed by atoms with Crippen LogP contribution in [-0.4, -0.2) is 53.7 Å². The molecule has 0 saturated heterocycles. The molecule has 0 saturated carbocycles. The molecule has 0 spiro atoms. The molecule has 0 radical (unpaired) electrons. The monoisotopic (exact) mass is 341 g/mol. The number of rotatable bonds is 8. The van der Waals surface area contributed by atoms with E-state index in [1.807, 2.05) is 14.1 Å². The van der Waals surface area contributed by atoms with Crippen LogP contribution in [0.5, 0.6) is 0 Å². The molecular weight excluding hydrogens is 318 g/mol. The fourth-order valence-corrected chi connectivity index (χ4v) is 2.12. The molecule has 7 heteroatoms. The molecule has 0 bridgehead atoms. The van der Waals surface area contributed by atoms with Gasteiger partial charge in [-0.15, -0.1) is 0 Å². The quantitative estimate of drug-likeness (QED) is 0.566. The van der Waals surface area contributed by atoms with Gasteiger partial charge >= 0.3 is 0 Å². The van der Waals surface area contributed by atoms with E-state index in [1.165, 1.54) is 19.3 Å². The van der Waals surface area contributed by atoms with Crippen LogP contribution in [0.4, 0.5) is 11.6 Å². The van der Waals surface area contributed by atoms with Crippen LogP contribution < -0.4 is 10.6 Å². The maximum Gasteiger partial charge on any atom is 0.258 e. The predicted molar refractivity (Wildman–Crippen MR) is 98.1 cm³/mol. The average molecular weight is 341 g/mol. The van der Waals surface area contributed by atoms with E-state index >= 15 is 0 Å². The first-order valence-corrected chi connectivity index (χ1v) is 8.08. The van der Waals surface area contributed by atoms with E-state index in [0.29, 0.717) is 22.8 Å². The molecule has 1 amide bonds. The Balaban J connectivity index is 1.88. The molecule has 0 unspecified atom stereocenters. The first-order chi connectivity index (χ1) is 12.0. The van der Waals surface area contributed by atoms with Gasteiger partial charge < -0.3 is 15.5 Å². The lowest BCUT2D eigenvalue weighted by Crippen LogP contribution is -2.17. The predicted octanol–water partition coefficient (Wildman–Crippen LogP) is 2.30. The molecule has 2 N–H and O–H groups in total. The Morgan fingerprint density at radius 3 is 2.24 bits per heavy atom. The molecule has 0 aliphatic carbocycles. The first kappa shape index (κ1) is 18.5. The van der Waals surface area contributed by atoms with Gasteiger partial charge in [0, 0.05) is 30.2 Å². The molecule has 0 aliphatic rings. The van der Waals surface area contributed by atoms with Crippen molar-refractivity contribution in [3.8, 4) is 0 Å². The standard InChI is InChI=1S/C18H23N5O2/c1-13(24)14-5-7-16(8-6-14)22-17(25)15-11-20-18(21-12-15)19-9-4-10-23(2)3/h5-8,11-12H,4,9-10H2,1-3H3,(H,22,25)(H,19,20,21). The number of nitrogens with zero attached hydrogens (tertiary/aromatic N) is 3. The number of ketones is 1. The van der Waals surface area contributed by atoms with Crippen LogP contribution in [-0.2, 0) is 0 Å². The zero-order valence-electron chi connectivity index (χ0n) is 14.7. The Kier molecular flexibility index (Phi) is 6.59. The van der Waals surface area contributed by atoms with E-state index in [0.717, 1.165) is 19.5 Å². The summed E-state index contributed by atoms with van der Waals surface area (Å²) in [6.07, 6.45) is 3.95. The fraction of sp³-hybridized carbons (Fsp3) is 0.333. The van der Waals surface area contributed by atoms with Crippen LogP contribution in [0.3, 0.4) is 0 Å². The van der Waals surface area contributed by atoms with Gasteiger partial charge in [-0.05, 0) is 58.3 Å². The van der Waals surface area contributed by atoms with Crippen LogP contribution >= 0.6 is 0 Å². The van der Waals surface area contributed by atoms with Gasteiger partial charge in [0.25, 0.3) is 5.91 Å². The molecule has 1 aromatic carbocycles. The van der Waals surface area contributed by atoms with Crippen LogP contribution in [0, 0.1) is 0 Å². The molecule has 7 nitrogen and oxygen atoms in total. The second-order valence-electron chi connectivity index (χ2n) is 5.97. The molecule has 132 valence electrons. The molecular formula is C18H23N5O2. The third-order valence-corrected chi connectivity index (χ3v) is 3.53. The lowest BCUT2D eigenvalue weighted by molar-refractivity contribution is 0.101. The van der Waals surface area contributed by atoms with Crippen molar-refractivity contribution < 1.29 is 9.59 Å². The Labute approximate surface area is 147 Å². The first-order valence-electron chi connectivity index (χ1n) is 8.08. The van der Waals surface area contributed by atoms with Crippen LogP contribution in [0.2, 0.25) is 0 Å². The number of carbonyl (C=O) groups excluding carboxylic acids is 2. The van der Waals surface area contributed by atoms with E-state index < -0.39 is 0 Å². The van der Waals surface area contributed by atoms with Gasteiger partial charge in [0.2, 0.25) is 5.95 Å². The minimum Gasteiger partial charge on any atom is -0.354 e. The lowest BCUT2D eigenvalue weighted by Gasteiger charge is -2.10. The highest BCUT2D eigenvalue weighted by Gasteiger charge is 2.08. The summed E-state index contributed by atoms with van der Waals surface area (Å²) in [4.78, 5) is 33.9. The second-order valence-corrected chi connectivity index (χ2v) is 5.97. The van der Waals surface area contributed by atoms with Gasteiger partial charge in [-0.2, -0.15) is 0 Å². The van der Waals surface area contributed by atoms with E-state index in [9.17, 15) is 9.59 Å². The maximum atomic E-state index is 12.2. The number of Topliss-reactive ketones (excluding diaryl/α,β-unsaturated/α-hetero) is 1. The summed E-state index contributed by atoms with van der Waals surface area (Å²) in [5, 5.41) is 5.87. The summed E-state index contributed by atoms with van der Waals surface area (Å²) in [7, 11) is 4.05. The van der Waals surface area contributed by atoms with Crippen LogP contribution in [0.25, 0.3) is 0 Å². The fourth-order valence-electron chi connectivity index (χ4n) is 2.12. The number of aromatic nitrogens is 2. The minimum atomic E-state index is -0.297. The number of amides is 1. The van der Waals surface area contributed by atoms with Gasteiger partial charge in [-0.1, -0.05) is 0 Å². The Morgan fingerprint density at radius 1 is 1.04 bits per heavy atom. The molecule has 2 rings (SSSR count). The normalized spacial score (nSPS) is 10.6. The highest BCUT2D eigenvalue weighted by molar-refractivity contribution is 6.04. The minimum absolute atomic E-state index is 0.0139.